The number of amides is 1. The average Bonchev–Trinajstić information content (AvgIpc) is 2.52. The van der Waals surface area contributed by atoms with E-state index in [1.807, 2.05) is 18.9 Å². The number of hydrogen-bond acceptors (Lipinski definition) is 3. The number of carbonyl (C=O) groups is 1. The summed E-state index contributed by atoms with van der Waals surface area (Å²) in [5.74, 6) is 0.0174. The molecular formula is C17H25ClN2O2. The number of β-amino-alcohol motifs (C(OH)–C–C–N with tert-alkyl or cyclic N) is 1. The monoisotopic (exact) mass is 324 g/mol. The van der Waals surface area contributed by atoms with E-state index in [4.69, 9.17) is 11.6 Å². The summed E-state index contributed by atoms with van der Waals surface area (Å²) in [6.45, 7) is 5.66. The zero-order valence-electron chi connectivity index (χ0n) is 13.5. The molecule has 1 fully saturated rings. The molecule has 2 rings (SSSR count). The number of nitrogens with zero attached hydrogens (tertiary/aromatic N) is 2. The lowest BCUT2D eigenvalue weighted by Crippen LogP contribution is -2.61. The van der Waals surface area contributed by atoms with Gasteiger partial charge in [0.15, 0.2) is 0 Å². The molecule has 22 heavy (non-hydrogen) atoms. The summed E-state index contributed by atoms with van der Waals surface area (Å²) in [7, 11) is 1.86. The van der Waals surface area contributed by atoms with Gasteiger partial charge < -0.3 is 10.0 Å². The number of halogens is 1. The van der Waals surface area contributed by atoms with Gasteiger partial charge in [-0.25, -0.2) is 0 Å². The van der Waals surface area contributed by atoms with Gasteiger partial charge in [-0.2, -0.15) is 0 Å². The van der Waals surface area contributed by atoms with Crippen LogP contribution < -0.4 is 0 Å². The largest absolute Gasteiger partial charge is 0.390 e. The first-order valence-electron chi connectivity index (χ1n) is 7.88. The summed E-state index contributed by atoms with van der Waals surface area (Å²) in [5.41, 5.74) is 0.657. The predicted octanol–water partition coefficient (Wildman–Crippen LogP) is 2.65. The highest BCUT2D eigenvalue weighted by Crippen LogP contribution is 2.21. The Morgan fingerprint density at radius 2 is 2.09 bits per heavy atom. The number of aliphatic hydroxyl groups excluding tert-OH is 1. The van der Waals surface area contributed by atoms with E-state index in [1.54, 1.807) is 24.3 Å². The van der Waals surface area contributed by atoms with E-state index in [0.717, 1.165) is 19.4 Å². The van der Waals surface area contributed by atoms with Crippen LogP contribution in [0, 0.1) is 0 Å². The van der Waals surface area contributed by atoms with Gasteiger partial charge >= 0.3 is 0 Å². The number of carbonyl (C=O) groups excluding carboxylic acids is 1. The van der Waals surface area contributed by atoms with Gasteiger partial charge in [0.25, 0.3) is 5.91 Å². The van der Waals surface area contributed by atoms with Crippen molar-refractivity contribution >= 4 is 17.5 Å². The number of benzene rings is 1. The fourth-order valence-electron chi connectivity index (χ4n) is 2.88. The van der Waals surface area contributed by atoms with Crippen LogP contribution in [-0.2, 0) is 0 Å². The van der Waals surface area contributed by atoms with Crippen molar-refractivity contribution in [2.45, 2.75) is 44.9 Å². The number of rotatable bonds is 6. The Labute approximate surface area is 137 Å². The number of likely N-dealkylation sites (tertiary alicyclic amines) is 1. The van der Waals surface area contributed by atoms with Crippen molar-refractivity contribution in [1.29, 1.82) is 0 Å². The van der Waals surface area contributed by atoms with Crippen LogP contribution in [0.4, 0.5) is 0 Å². The normalized spacial score (nSPS) is 23.0. The standard InChI is InChI=1S/C17H25ClN2O2/c1-4-5-15(10-20-11-16(21)12(20)2)19(3)17(22)13-6-8-14(18)9-7-13/h6-9,12,15-16,21H,4-5,10-11H2,1-3H3/t12-,15?,16+/m0/s1. The van der Waals surface area contributed by atoms with Crippen molar-refractivity contribution in [3.63, 3.8) is 0 Å². The molecule has 0 radical (unpaired) electrons. The molecule has 1 heterocycles. The van der Waals surface area contributed by atoms with Gasteiger partial charge in [0.2, 0.25) is 0 Å². The predicted molar refractivity (Wildman–Crippen MR) is 89.3 cm³/mol. The Balaban J connectivity index is 2.03. The first kappa shape index (κ1) is 17.3. The lowest BCUT2D eigenvalue weighted by atomic mass is 9.98. The molecule has 0 aromatic heterocycles. The van der Waals surface area contributed by atoms with Crippen molar-refractivity contribution < 1.29 is 9.90 Å². The van der Waals surface area contributed by atoms with E-state index in [0.29, 0.717) is 17.1 Å². The van der Waals surface area contributed by atoms with Gasteiger partial charge in [0.05, 0.1) is 6.10 Å². The lowest BCUT2D eigenvalue weighted by molar-refractivity contribution is -0.0614. The molecule has 3 atom stereocenters. The lowest BCUT2D eigenvalue weighted by Gasteiger charge is -2.46. The highest BCUT2D eigenvalue weighted by Gasteiger charge is 2.36. The summed E-state index contributed by atoms with van der Waals surface area (Å²) in [6.07, 6.45) is 1.74. The second-order valence-corrected chi connectivity index (χ2v) is 6.56. The fraction of sp³-hybridized carbons (Fsp3) is 0.588. The third-order valence-corrected chi connectivity index (χ3v) is 4.83. The first-order valence-corrected chi connectivity index (χ1v) is 8.26. The maximum Gasteiger partial charge on any atom is 0.253 e. The Morgan fingerprint density at radius 1 is 1.45 bits per heavy atom. The second-order valence-electron chi connectivity index (χ2n) is 6.13. The van der Waals surface area contributed by atoms with Crippen LogP contribution in [0.2, 0.25) is 5.02 Å². The van der Waals surface area contributed by atoms with Crippen molar-refractivity contribution in [2.24, 2.45) is 0 Å². The highest BCUT2D eigenvalue weighted by atomic mass is 35.5. The van der Waals surface area contributed by atoms with Crippen LogP contribution in [0.5, 0.6) is 0 Å². The van der Waals surface area contributed by atoms with E-state index in [9.17, 15) is 9.90 Å². The fourth-order valence-corrected chi connectivity index (χ4v) is 3.00. The maximum absolute atomic E-state index is 12.6. The van der Waals surface area contributed by atoms with E-state index in [1.165, 1.54) is 0 Å². The van der Waals surface area contributed by atoms with Gasteiger partial charge in [-0.05, 0) is 37.6 Å². The third kappa shape index (κ3) is 3.80. The summed E-state index contributed by atoms with van der Waals surface area (Å²) in [6, 6.07) is 7.35. The molecular weight excluding hydrogens is 300 g/mol. The molecule has 5 heteroatoms. The minimum Gasteiger partial charge on any atom is -0.390 e. The van der Waals surface area contributed by atoms with Crippen LogP contribution in [0.1, 0.15) is 37.0 Å². The van der Waals surface area contributed by atoms with E-state index < -0.39 is 0 Å². The van der Waals surface area contributed by atoms with Gasteiger partial charge in [-0.3, -0.25) is 9.69 Å². The third-order valence-electron chi connectivity index (χ3n) is 4.58. The van der Waals surface area contributed by atoms with Gasteiger partial charge in [-0.1, -0.05) is 24.9 Å². The number of aliphatic hydroxyl groups is 1. The molecule has 0 saturated carbocycles. The number of hydrogen-bond donors (Lipinski definition) is 1. The smallest absolute Gasteiger partial charge is 0.253 e. The quantitative estimate of drug-likeness (QED) is 0.875. The van der Waals surface area contributed by atoms with Crippen LogP contribution in [0.25, 0.3) is 0 Å². The molecule has 1 unspecified atom stereocenters. The molecule has 4 nitrogen and oxygen atoms in total. The molecule has 0 spiro atoms. The minimum atomic E-state index is -0.237. The molecule has 1 aromatic rings. The Hall–Kier alpha value is -1.10. The van der Waals surface area contributed by atoms with Gasteiger partial charge in [0.1, 0.15) is 0 Å². The summed E-state index contributed by atoms with van der Waals surface area (Å²) in [4.78, 5) is 16.7. The molecule has 1 aliphatic rings. The average molecular weight is 325 g/mol. The zero-order valence-corrected chi connectivity index (χ0v) is 14.3. The Bertz CT molecular complexity index is 506. The first-order chi connectivity index (χ1) is 10.4. The highest BCUT2D eigenvalue weighted by molar-refractivity contribution is 6.30. The maximum atomic E-state index is 12.6. The van der Waals surface area contributed by atoms with Gasteiger partial charge in [0, 0.05) is 42.8 Å². The molecule has 122 valence electrons. The van der Waals surface area contributed by atoms with Crippen molar-refractivity contribution in [3.05, 3.63) is 34.9 Å². The number of likely N-dealkylation sites (N-methyl/N-ethyl adjacent to an activating group) is 1. The van der Waals surface area contributed by atoms with Crippen LogP contribution >= 0.6 is 11.6 Å². The molecule has 1 amide bonds. The minimum absolute atomic E-state index is 0.0174. The molecule has 0 bridgehead atoms. The van der Waals surface area contributed by atoms with Crippen LogP contribution in [-0.4, -0.2) is 59.1 Å². The van der Waals surface area contributed by atoms with Crippen LogP contribution in [0.3, 0.4) is 0 Å². The topological polar surface area (TPSA) is 43.8 Å². The molecule has 1 N–H and O–H groups in total. The Kier molecular flexibility index (Phi) is 5.84. The summed E-state index contributed by atoms with van der Waals surface area (Å²) in [5, 5.41) is 10.3. The molecule has 1 aliphatic heterocycles. The van der Waals surface area contributed by atoms with E-state index in [-0.39, 0.29) is 24.1 Å². The zero-order chi connectivity index (χ0) is 16.3. The molecule has 0 aliphatic carbocycles. The molecule has 1 aromatic carbocycles. The van der Waals surface area contributed by atoms with Crippen molar-refractivity contribution in [1.82, 2.24) is 9.80 Å². The summed E-state index contributed by atoms with van der Waals surface area (Å²) >= 11 is 5.88. The van der Waals surface area contributed by atoms with E-state index in [2.05, 4.69) is 11.8 Å². The van der Waals surface area contributed by atoms with Gasteiger partial charge in [-0.15, -0.1) is 0 Å². The molecule has 1 saturated heterocycles. The van der Waals surface area contributed by atoms with E-state index >= 15 is 0 Å². The van der Waals surface area contributed by atoms with Crippen molar-refractivity contribution in [2.75, 3.05) is 20.1 Å². The van der Waals surface area contributed by atoms with Crippen LogP contribution in [0.15, 0.2) is 24.3 Å². The second kappa shape index (κ2) is 7.44. The Morgan fingerprint density at radius 3 is 2.59 bits per heavy atom. The summed E-state index contributed by atoms with van der Waals surface area (Å²) < 4.78 is 0. The SMILES string of the molecule is CCCC(CN1C[C@@H](O)[C@@H]1C)N(C)C(=O)c1ccc(Cl)cc1. The van der Waals surface area contributed by atoms with Crippen molar-refractivity contribution in [3.8, 4) is 0 Å².